The lowest BCUT2D eigenvalue weighted by atomic mass is 10.0. The summed E-state index contributed by atoms with van der Waals surface area (Å²) in [5, 5.41) is 0. The molecule has 25 heavy (non-hydrogen) atoms. The summed E-state index contributed by atoms with van der Waals surface area (Å²) in [7, 11) is 0. The van der Waals surface area contributed by atoms with Gasteiger partial charge in [0.25, 0.3) is 5.91 Å². The number of hydrogen-bond donors (Lipinski definition) is 0. The van der Waals surface area contributed by atoms with E-state index in [1.165, 1.54) is 0 Å². The van der Waals surface area contributed by atoms with Crippen molar-refractivity contribution in [1.82, 2.24) is 9.80 Å². The van der Waals surface area contributed by atoms with Gasteiger partial charge in [0.05, 0.1) is 0 Å². The first-order valence-corrected chi connectivity index (χ1v) is 9.26. The molecule has 2 rings (SSSR count). The summed E-state index contributed by atoms with van der Waals surface area (Å²) in [6, 6.07) is 7.88. The van der Waals surface area contributed by atoms with Crippen LogP contribution in [-0.4, -0.2) is 53.9 Å². The summed E-state index contributed by atoms with van der Waals surface area (Å²) in [5.41, 5.74) is 1.11. The van der Waals surface area contributed by atoms with Crippen molar-refractivity contribution >= 4 is 11.8 Å². The molecular formula is C20H30N2O3. The first-order chi connectivity index (χ1) is 11.9. The number of para-hydroxylation sites is 1. The average Bonchev–Trinajstić information content (AvgIpc) is 2.86. The molecule has 1 fully saturated rings. The molecule has 0 spiro atoms. The Morgan fingerprint density at radius 3 is 2.36 bits per heavy atom. The lowest BCUT2D eigenvalue weighted by molar-refractivity contribution is -0.138. The lowest BCUT2D eigenvalue weighted by Gasteiger charge is -2.26. The summed E-state index contributed by atoms with van der Waals surface area (Å²) >= 11 is 0. The summed E-state index contributed by atoms with van der Waals surface area (Å²) in [6.07, 6.45) is 0.792. The third kappa shape index (κ3) is 4.97. The molecule has 1 saturated heterocycles. The van der Waals surface area contributed by atoms with Gasteiger partial charge in [-0.25, -0.2) is 0 Å². The molecule has 1 heterocycles. The van der Waals surface area contributed by atoms with Crippen LogP contribution in [-0.2, 0) is 9.59 Å². The predicted octanol–water partition coefficient (Wildman–Crippen LogP) is 3.05. The minimum atomic E-state index is -0.534. The van der Waals surface area contributed by atoms with E-state index in [1.54, 1.807) is 6.92 Å². The van der Waals surface area contributed by atoms with Crippen molar-refractivity contribution < 1.29 is 14.3 Å². The Bertz CT molecular complexity index is 600. The van der Waals surface area contributed by atoms with Crippen molar-refractivity contribution in [3.8, 4) is 5.75 Å². The minimum absolute atomic E-state index is 0.00985. The maximum atomic E-state index is 12.8. The molecule has 138 valence electrons. The topological polar surface area (TPSA) is 49.9 Å². The Labute approximate surface area is 150 Å². The highest BCUT2D eigenvalue weighted by Gasteiger charge is 2.26. The Kier molecular flexibility index (Phi) is 6.85. The van der Waals surface area contributed by atoms with Crippen molar-refractivity contribution in [2.45, 2.75) is 52.6 Å². The van der Waals surface area contributed by atoms with E-state index in [0.717, 1.165) is 24.3 Å². The monoisotopic (exact) mass is 346 g/mol. The van der Waals surface area contributed by atoms with Crippen LogP contribution in [0.3, 0.4) is 0 Å². The van der Waals surface area contributed by atoms with Crippen LogP contribution in [0.5, 0.6) is 5.75 Å². The maximum absolute atomic E-state index is 12.8. The van der Waals surface area contributed by atoms with E-state index in [1.807, 2.05) is 41.0 Å². The lowest BCUT2D eigenvalue weighted by Crippen LogP contribution is -2.43. The largest absolute Gasteiger partial charge is 0.481 e. The van der Waals surface area contributed by atoms with Gasteiger partial charge in [0, 0.05) is 32.6 Å². The van der Waals surface area contributed by atoms with Gasteiger partial charge in [-0.2, -0.15) is 0 Å². The number of carbonyl (C=O) groups is 2. The third-order valence-electron chi connectivity index (χ3n) is 4.66. The van der Waals surface area contributed by atoms with E-state index in [2.05, 4.69) is 13.8 Å². The van der Waals surface area contributed by atoms with Gasteiger partial charge < -0.3 is 14.5 Å². The minimum Gasteiger partial charge on any atom is -0.481 e. The second-order valence-electron chi connectivity index (χ2n) is 6.87. The van der Waals surface area contributed by atoms with E-state index in [9.17, 15) is 9.59 Å². The van der Waals surface area contributed by atoms with Crippen LogP contribution >= 0.6 is 0 Å². The molecule has 0 bridgehead atoms. The summed E-state index contributed by atoms with van der Waals surface area (Å²) in [4.78, 5) is 28.3. The first-order valence-electron chi connectivity index (χ1n) is 9.26. The van der Waals surface area contributed by atoms with Gasteiger partial charge in [0.2, 0.25) is 5.91 Å². The molecule has 1 aromatic carbocycles. The van der Waals surface area contributed by atoms with Crippen LogP contribution in [0.4, 0.5) is 0 Å². The number of rotatable bonds is 5. The fourth-order valence-corrected chi connectivity index (χ4v) is 3.17. The standard InChI is InChI=1S/C20H30N2O3/c1-5-19(23)21-11-8-12-22(14-13-21)20(24)16(4)25-18-10-7-6-9-17(18)15(2)3/h6-7,9-10,15-16H,5,8,11-14H2,1-4H3. The average molecular weight is 346 g/mol. The molecule has 1 aromatic rings. The number of carbonyl (C=O) groups excluding carboxylic acids is 2. The zero-order valence-electron chi connectivity index (χ0n) is 15.8. The van der Waals surface area contributed by atoms with Crippen LogP contribution in [0.25, 0.3) is 0 Å². The van der Waals surface area contributed by atoms with Gasteiger partial charge in [-0.05, 0) is 30.9 Å². The molecule has 5 heteroatoms. The Hall–Kier alpha value is -2.04. The van der Waals surface area contributed by atoms with Crippen LogP contribution < -0.4 is 4.74 Å². The SMILES string of the molecule is CCC(=O)N1CCCN(C(=O)C(C)Oc2ccccc2C(C)C)CC1. The second kappa shape index (κ2) is 8.88. The smallest absolute Gasteiger partial charge is 0.263 e. The molecule has 5 nitrogen and oxygen atoms in total. The van der Waals surface area contributed by atoms with Crippen LogP contribution in [0.1, 0.15) is 52.0 Å². The second-order valence-corrected chi connectivity index (χ2v) is 6.87. The van der Waals surface area contributed by atoms with E-state index in [0.29, 0.717) is 32.0 Å². The number of nitrogens with zero attached hydrogens (tertiary/aromatic N) is 2. The van der Waals surface area contributed by atoms with E-state index < -0.39 is 6.10 Å². The summed E-state index contributed by atoms with van der Waals surface area (Å²) in [5.74, 6) is 1.26. The van der Waals surface area contributed by atoms with Gasteiger partial charge in [-0.3, -0.25) is 9.59 Å². The number of ether oxygens (including phenoxy) is 1. The summed E-state index contributed by atoms with van der Waals surface area (Å²) in [6.45, 7) is 10.5. The molecule has 1 unspecified atom stereocenters. The van der Waals surface area contributed by atoms with Crippen LogP contribution in [0, 0.1) is 0 Å². The Balaban J connectivity index is 1.99. The predicted molar refractivity (Wildman–Crippen MR) is 98.7 cm³/mol. The van der Waals surface area contributed by atoms with Gasteiger partial charge in [-0.15, -0.1) is 0 Å². The fourth-order valence-electron chi connectivity index (χ4n) is 3.17. The molecule has 0 aliphatic carbocycles. The van der Waals surface area contributed by atoms with Crippen molar-refractivity contribution in [2.24, 2.45) is 0 Å². The van der Waals surface area contributed by atoms with Crippen molar-refractivity contribution in [2.75, 3.05) is 26.2 Å². The highest BCUT2D eigenvalue weighted by molar-refractivity contribution is 5.81. The Morgan fingerprint density at radius 1 is 1.04 bits per heavy atom. The zero-order chi connectivity index (χ0) is 18.4. The molecule has 1 aliphatic rings. The zero-order valence-corrected chi connectivity index (χ0v) is 15.8. The van der Waals surface area contributed by atoms with Gasteiger partial charge in [0.1, 0.15) is 5.75 Å². The normalized spacial score (nSPS) is 16.5. The molecule has 0 aromatic heterocycles. The van der Waals surface area contributed by atoms with Gasteiger partial charge in [-0.1, -0.05) is 39.0 Å². The van der Waals surface area contributed by atoms with Crippen LogP contribution in [0.15, 0.2) is 24.3 Å². The van der Waals surface area contributed by atoms with E-state index in [-0.39, 0.29) is 11.8 Å². The van der Waals surface area contributed by atoms with Crippen LogP contribution in [0.2, 0.25) is 0 Å². The molecule has 0 saturated carbocycles. The van der Waals surface area contributed by atoms with E-state index in [4.69, 9.17) is 4.74 Å². The number of hydrogen-bond acceptors (Lipinski definition) is 3. The van der Waals surface area contributed by atoms with E-state index >= 15 is 0 Å². The van der Waals surface area contributed by atoms with Gasteiger partial charge in [0.15, 0.2) is 6.10 Å². The molecular weight excluding hydrogens is 316 g/mol. The Morgan fingerprint density at radius 2 is 1.68 bits per heavy atom. The highest BCUT2D eigenvalue weighted by atomic mass is 16.5. The highest BCUT2D eigenvalue weighted by Crippen LogP contribution is 2.27. The molecule has 0 radical (unpaired) electrons. The quantitative estimate of drug-likeness (QED) is 0.823. The molecule has 1 aliphatic heterocycles. The number of amides is 2. The van der Waals surface area contributed by atoms with Crippen molar-refractivity contribution in [3.63, 3.8) is 0 Å². The van der Waals surface area contributed by atoms with Crippen molar-refractivity contribution in [1.29, 1.82) is 0 Å². The third-order valence-corrected chi connectivity index (χ3v) is 4.66. The fraction of sp³-hybridized carbons (Fsp3) is 0.600. The number of benzene rings is 1. The maximum Gasteiger partial charge on any atom is 0.263 e. The summed E-state index contributed by atoms with van der Waals surface area (Å²) < 4.78 is 5.99. The molecule has 0 N–H and O–H groups in total. The van der Waals surface area contributed by atoms with Crippen molar-refractivity contribution in [3.05, 3.63) is 29.8 Å². The van der Waals surface area contributed by atoms with Gasteiger partial charge >= 0.3 is 0 Å². The first kappa shape index (κ1) is 19.3. The molecule has 2 amide bonds. The molecule has 1 atom stereocenters.